The van der Waals surface area contributed by atoms with Gasteiger partial charge >= 0.3 is 5.69 Å². The Hall–Kier alpha value is -4.40. The van der Waals surface area contributed by atoms with Crippen LogP contribution in [0.4, 0.5) is 30.6 Å². The van der Waals surface area contributed by atoms with Crippen molar-refractivity contribution in [3.8, 4) is 5.69 Å². The summed E-state index contributed by atoms with van der Waals surface area (Å²) in [5, 5.41) is 8.89. The molecule has 37 heavy (non-hydrogen) atoms. The number of aromatic nitrogens is 6. The highest BCUT2D eigenvalue weighted by Crippen LogP contribution is 2.31. The first-order chi connectivity index (χ1) is 17.4. The fraction of sp³-hybridized carbons (Fsp3) is 0.182. The first kappa shape index (κ1) is 24.3. The predicted octanol–water partition coefficient (Wildman–Crippen LogP) is 3.19. The average Bonchev–Trinajstić information content (AvgIpc) is 3.40. The zero-order valence-electron chi connectivity index (χ0n) is 19.5. The molecule has 0 bridgehead atoms. The number of H-pyrrole nitrogens is 1. The summed E-state index contributed by atoms with van der Waals surface area (Å²) in [5.74, 6) is -3.64. The summed E-state index contributed by atoms with van der Waals surface area (Å²) in [7, 11) is -3.63. The SMILES string of the molecule is CC(C)n1c(=O)n(-c2cc(F)c(F)c3[nH]ncc23)c2c(N)nc(Nc3ccc(S(C)(=O)=O)cc3F)nc21. The fourth-order valence-electron chi connectivity index (χ4n) is 4.04. The van der Waals surface area contributed by atoms with E-state index in [9.17, 15) is 26.4 Å². The third-order valence-electron chi connectivity index (χ3n) is 5.72. The Morgan fingerprint density at radius 2 is 1.84 bits per heavy atom. The number of halogens is 3. The van der Waals surface area contributed by atoms with E-state index in [1.165, 1.54) is 22.9 Å². The van der Waals surface area contributed by atoms with E-state index in [0.717, 1.165) is 23.0 Å². The molecule has 5 rings (SSSR count). The van der Waals surface area contributed by atoms with Gasteiger partial charge < -0.3 is 11.1 Å². The molecule has 0 fully saturated rings. The van der Waals surface area contributed by atoms with Crippen LogP contribution in [0.5, 0.6) is 0 Å². The van der Waals surface area contributed by atoms with Crippen molar-refractivity contribution in [2.75, 3.05) is 17.3 Å². The van der Waals surface area contributed by atoms with Crippen LogP contribution in [0.2, 0.25) is 0 Å². The summed E-state index contributed by atoms with van der Waals surface area (Å²) < 4.78 is 69.0. The van der Waals surface area contributed by atoms with E-state index in [0.29, 0.717) is 0 Å². The molecule has 0 aliphatic rings. The van der Waals surface area contributed by atoms with Crippen LogP contribution in [-0.2, 0) is 9.84 Å². The minimum Gasteiger partial charge on any atom is -0.382 e. The molecule has 0 aliphatic carbocycles. The number of anilines is 3. The number of fused-ring (bicyclic) bond motifs is 2. The quantitative estimate of drug-likeness (QED) is 0.312. The molecular weight excluding hydrogens is 513 g/mol. The molecular formula is C22H19F3N8O3S. The first-order valence-electron chi connectivity index (χ1n) is 10.8. The molecule has 0 saturated heterocycles. The van der Waals surface area contributed by atoms with Crippen LogP contribution >= 0.6 is 0 Å². The Kier molecular flexibility index (Phi) is 5.47. The smallest absolute Gasteiger partial charge is 0.335 e. The largest absolute Gasteiger partial charge is 0.382 e. The van der Waals surface area contributed by atoms with Crippen LogP contribution in [0.3, 0.4) is 0 Å². The molecule has 0 unspecified atom stereocenters. The lowest BCUT2D eigenvalue weighted by atomic mass is 10.2. The van der Waals surface area contributed by atoms with Gasteiger partial charge in [0.15, 0.2) is 32.9 Å². The van der Waals surface area contributed by atoms with E-state index >= 15 is 0 Å². The van der Waals surface area contributed by atoms with E-state index in [2.05, 4.69) is 25.5 Å². The van der Waals surface area contributed by atoms with E-state index in [1.54, 1.807) is 13.8 Å². The van der Waals surface area contributed by atoms with Crippen LogP contribution in [-0.4, -0.2) is 44.0 Å². The number of hydrogen-bond donors (Lipinski definition) is 3. The summed E-state index contributed by atoms with van der Waals surface area (Å²) in [4.78, 5) is 21.8. The van der Waals surface area contributed by atoms with E-state index in [4.69, 9.17) is 5.73 Å². The Balaban J connectivity index is 1.73. The second-order valence-electron chi connectivity index (χ2n) is 8.58. The number of hydrogen-bond acceptors (Lipinski definition) is 8. The molecule has 15 heteroatoms. The average molecular weight is 533 g/mol. The second kappa shape index (κ2) is 8.33. The topological polar surface area (TPSA) is 154 Å². The maximum Gasteiger partial charge on any atom is 0.335 e. The molecule has 0 aliphatic heterocycles. The van der Waals surface area contributed by atoms with E-state index < -0.39 is 39.0 Å². The van der Waals surface area contributed by atoms with E-state index in [1.807, 2.05) is 0 Å². The highest BCUT2D eigenvalue weighted by atomic mass is 32.2. The molecule has 192 valence electrons. The Labute approximate surface area is 206 Å². The van der Waals surface area contributed by atoms with Gasteiger partial charge in [0, 0.05) is 23.8 Å². The molecule has 3 heterocycles. The van der Waals surface area contributed by atoms with Gasteiger partial charge in [0.05, 0.1) is 22.5 Å². The van der Waals surface area contributed by atoms with Crippen molar-refractivity contribution in [1.29, 1.82) is 0 Å². The van der Waals surface area contributed by atoms with Crippen molar-refractivity contribution in [1.82, 2.24) is 29.3 Å². The van der Waals surface area contributed by atoms with Crippen LogP contribution in [0.1, 0.15) is 19.9 Å². The van der Waals surface area contributed by atoms with Crippen molar-refractivity contribution in [3.05, 3.63) is 58.4 Å². The standard InChI is InChI=1S/C22H19F3N8O3S/c1-9(2)32-20-18(33(22(32)34)15-7-13(24)16(25)17-11(15)8-27-31-17)19(26)29-21(30-20)28-14-5-4-10(6-12(14)23)37(3,35)36/h4-9H,1-3H3,(H,27,31)(H3,26,28,29,30). The molecule has 4 N–H and O–H groups in total. The molecule has 0 spiro atoms. The van der Waals surface area contributed by atoms with Gasteiger partial charge in [0.25, 0.3) is 0 Å². The van der Waals surface area contributed by atoms with Crippen molar-refractivity contribution < 1.29 is 21.6 Å². The van der Waals surface area contributed by atoms with Gasteiger partial charge in [0.1, 0.15) is 16.9 Å². The lowest BCUT2D eigenvalue weighted by Crippen LogP contribution is -2.25. The zero-order valence-corrected chi connectivity index (χ0v) is 20.4. The number of sulfone groups is 1. The minimum atomic E-state index is -3.63. The molecule has 0 atom stereocenters. The van der Waals surface area contributed by atoms with Gasteiger partial charge in [-0.1, -0.05) is 0 Å². The molecule has 0 saturated carbocycles. The van der Waals surface area contributed by atoms with Crippen molar-refractivity contribution in [2.24, 2.45) is 0 Å². The number of imidazole rings is 1. The summed E-state index contributed by atoms with van der Waals surface area (Å²) in [5.41, 5.74) is 5.22. The molecule has 0 radical (unpaired) electrons. The molecule has 11 nitrogen and oxygen atoms in total. The first-order valence-corrected chi connectivity index (χ1v) is 12.7. The Morgan fingerprint density at radius 3 is 2.49 bits per heavy atom. The van der Waals surface area contributed by atoms with Crippen molar-refractivity contribution in [2.45, 2.75) is 24.8 Å². The van der Waals surface area contributed by atoms with Crippen molar-refractivity contribution in [3.63, 3.8) is 0 Å². The third kappa shape index (κ3) is 3.87. The van der Waals surface area contributed by atoms with Crippen molar-refractivity contribution >= 4 is 49.4 Å². The summed E-state index contributed by atoms with van der Waals surface area (Å²) in [6, 6.07) is 3.66. The second-order valence-corrected chi connectivity index (χ2v) is 10.6. The van der Waals surface area contributed by atoms with Crippen LogP contribution in [0.25, 0.3) is 27.8 Å². The highest BCUT2D eigenvalue weighted by Gasteiger charge is 2.25. The maximum atomic E-state index is 14.6. The maximum absolute atomic E-state index is 14.6. The lowest BCUT2D eigenvalue weighted by molar-refractivity contribution is 0.514. The number of nitrogen functional groups attached to an aromatic ring is 1. The summed E-state index contributed by atoms with van der Waals surface area (Å²) in [6.45, 7) is 3.41. The van der Waals surface area contributed by atoms with Crippen LogP contribution in [0, 0.1) is 17.5 Å². The normalized spacial score (nSPS) is 12.2. The monoisotopic (exact) mass is 532 g/mol. The Bertz CT molecular complexity index is 1890. The van der Waals surface area contributed by atoms with Crippen LogP contribution < -0.4 is 16.7 Å². The van der Waals surface area contributed by atoms with Gasteiger partial charge in [-0.25, -0.2) is 26.4 Å². The molecule has 0 amide bonds. The number of nitrogens with two attached hydrogens (primary N) is 1. The van der Waals surface area contributed by atoms with Gasteiger partial charge in [-0.3, -0.25) is 14.2 Å². The van der Waals surface area contributed by atoms with E-state index in [-0.39, 0.29) is 50.1 Å². The minimum absolute atomic E-state index is 0.0191. The Morgan fingerprint density at radius 1 is 1.11 bits per heavy atom. The number of rotatable bonds is 5. The summed E-state index contributed by atoms with van der Waals surface area (Å²) >= 11 is 0. The third-order valence-corrected chi connectivity index (χ3v) is 6.83. The fourth-order valence-corrected chi connectivity index (χ4v) is 4.68. The highest BCUT2D eigenvalue weighted by molar-refractivity contribution is 7.90. The van der Waals surface area contributed by atoms with Gasteiger partial charge in [-0.15, -0.1) is 0 Å². The number of benzene rings is 2. The lowest BCUT2D eigenvalue weighted by Gasteiger charge is -2.11. The summed E-state index contributed by atoms with van der Waals surface area (Å²) in [6.07, 6.45) is 2.20. The number of nitrogens with zero attached hydrogens (tertiary/aromatic N) is 5. The molecule has 5 aromatic rings. The van der Waals surface area contributed by atoms with Gasteiger partial charge in [0.2, 0.25) is 5.95 Å². The molecule has 2 aromatic carbocycles. The number of aromatic amines is 1. The zero-order chi connectivity index (χ0) is 26.8. The molecule has 3 aromatic heterocycles. The van der Waals surface area contributed by atoms with Gasteiger partial charge in [-0.05, 0) is 32.0 Å². The van der Waals surface area contributed by atoms with Gasteiger partial charge in [-0.2, -0.15) is 15.1 Å². The number of nitrogens with one attached hydrogen (secondary N) is 2. The predicted molar refractivity (Wildman–Crippen MR) is 130 cm³/mol. The van der Waals surface area contributed by atoms with Crippen LogP contribution in [0.15, 0.2) is 40.2 Å².